The number of nitrogens with one attached hydrogen (secondary N) is 1. The van der Waals surface area contributed by atoms with Gasteiger partial charge in [-0.25, -0.2) is 4.39 Å². The number of amides is 1. The van der Waals surface area contributed by atoms with Gasteiger partial charge < -0.3 is 11.1 Å². The minimum atomic E-state index is -0.402. The van der Waals surface area contributed by atoms with Crippen LogP contribution in [0.15, 0.2) is 18.2 Å². The van der Waals surface area contributed by atoms with Crippen LogP contribution >= 0.6 is 11.8 Å². The maximum absolute atomic E-state index is 12.8. The molecular weight excluding hydrogens is 263 g/mol. The Hall–Kier alpha value is -1.23. The Morgan fingerprint density at radius 2 is 2.21 bits per heavy atom. The number of anilines is 2. The molecule has 1 aromatic rings. The Labute approximate surface area is 118 Å². The number of carbonyl (C=O) groups is 1. The van der Waals surface area contributed by atoms with Gasteiger partial charge in [-0.05, 0) is 42.0 Å². The van der Waals surface area contributed by atoms with Crippen molar-refractivity contribution in [3.8, 4) is 0 Å². The van der Waals surface area contributed by atoms with Gasteiger partial charge in [-0.1, -0.05) is 13.8 Å². The zero-order valence-corrected chi connectivity index (χ0v) is 12.2. The molecule has 0 saturated carbocycles. The lowest BCUT2D eigenvalue weighted by Gasteiger charge is -2.08. The van der Waals surface area contributed by atoms with Gasteiger partial charge in [-0.15, -0.1) is 0 Å². The molecule has 106 valence electrons. The molecule has 0 bridgehead atoms. The van der Waals surface area contributed by atoms with Crippen LogP contribution in [-0.2, 0) is 4.79 Å². The summed E-state index contributed by atoms with van der Waals surface area (Å²) in [6.07, 6.45) is 1.30. The Balaban J connectivity index is 2.27. The van der Waals surface area contributed by atoms with Gasteiger partial charge in [0.25, 0.3) is 0 Å². The number of nitrogen functional groups attached to an aromatic ring is 1. The molecular formula is C14H21FN2OS. The van der Waals surface area contributed by atoms with Crippen molar-refractivity contribution in [1.82, 2.24) is 0 Å². The Morgan fingerprint density at radius 1 is 1.47 bits per heavy atom. The van der Waals surface area contributed by atoms with E-state index in [1.165, 1.54) is 18.2 Å². The van der Waals surface area contributed by atoms with Gasteiger partial charge in [0.1, 0.15) is 5.82 Å². The van der Waals surface area contributed by atoms with E-state index in [1.54, 1.807) is 0 Å². The summed E-state index contributed by atoms with van der Waals surface area (Å²) in [4.78, 5) is 11.7. The molecule has 1 rings (SSSR count). The molecule has 1 amide bonds. The summed E-state index contributed by atoms with van der Waals surface area (Å²) in [6, 6.07) is 3.97. The second kappa shape index (κ2) is 8.04. The summed E-state index contributed by atoms with van der Waals surface area (Å²) in [5.41, 5.74) is 6.35. The summed E-state index contributed by atoms with van der Waals surface area (Å²) < 4.78 is 12.8. The summed E-state index contributed by atoms with van der Waals surface area (Å²) in [6.45, 7) is 4.36. The lowest BCUT2D eigenvalue weighted by atomic mass is 10.2. The van der Waals surface area contributed by atoms with Gasteiger partial charge in [-0.3, -0.25) is 4.79 Å². The number of carbonyl (C=O) groups excluding carboxylic acids is 1. The second-order valence-corrected chi connectivity index (χ2v) is 6.00. The zero-order valence-electron chi connectivity index (χ0n) is 11.4. The zero-order chi connectivity index (χ0) is 14.3. The Kier molecular flexibility index (Phi) is 6.70. The number of rotatable bonds is 7. The van der Waals surface area contributed by atoms with Gasteiger partial charge in [0, 0.05) is 6.42 Å². The van der Waals surface area contributed by atoms with E-state index in [-0.39, 0.29) is 11.6 Å². The second-order valence-electron chi connectivity index (χ2n) is 4.85. The van der Waals surface area contributed by atoms with Crippen molar-refractivity contribution in [2.24, 2.45) is 5.92 Å². The highest BCUT2D eigenvalue weighted by molar-refractivity contribution is 7.99. The highest BCUT2D eigenvalue weighted by atomic mass is 32.2. The minimum absolute atomic E-state index is 0.0801. The monoisotopic (exact) mass is 284 g/mol. The van der Waals surface area contributed by atoms with Gasteiger partial charge in [0.15, 0.2) is 0 Å². The maximum Gasteiger partial charge on any atom is 0.224 e. The molecule has 1 aromatic carbocycles. The van der Waals surface area contributed by atoms with Gasteiger partial charge in [0.05, 0.1) is 11.4 Å². The van der Waals surface area contributed by atoms with E-state index in [4.69, 9.17) is 5.73 Å². The van der Waals surface area contributed by atoms with E-state index < -0.39 is 5.82 Å². The molecule has 0 aliphatic heterocycles. The first-order valence-corrected chi connectivity index (χ1v) is 7.57. The van der Waals surface area contributed by atoms with Gasteiger partial charge >= 0.3 is 0 Å². The molecule has 0 saturated heterocycles. The van der Waals surface area contributed by atoms with Crippen LogP contribution in [0.2, 0.25) is 0 Å². The van der Waals surface area contributed by atoms with Crippen molar-refractivity contribution in [3.63, 3.8) is 0 Å². The van der Waals surface area contributed by atoms with Crippen LogP contribution in [0.1, 0.15) is 26.7 Å². The number of benzene rings is 1. The molecule has 3 nitrogen and oxygen atoms in total. The van der Waals surface area contributed by atoms with E-state index in [1.807, 2.05) is 11.8 Å². The van der Waals surface area contributed by atoms with Crippen LogP contribution in [0.3, 0.4) is 0 Å². The van der Waals surface area contributed by atoms with Crippen molar-refractivity contribution >= 4 is 29.0 Å². The first kappa shape index (κ1) is 15.8. The standard InChI is InChI=1S/C14H21FN2OS/c1-10(2)9-19-7-3-4-14(18)17-13-6-5-11(15)8-12(13)16/h5-6,8,10H,3-4,7,9,16H2,1-2H3,(H,17,18). The van der Waals surface area contributed by atoms with Crippen molar-refractivity contribution < 1.29 is 9.18 Å². The van der Waals surface area contributed by atoms with Crippen molar-refractivity contribution in [3.05, 3.63) is 24.0 Å². The van der Waals surface area contributed by atoms with E-state index in [0.29, 0.717) is 18.0 Å². The molecule has 0 radical (unpaired) electrons. The normalized spacial score (nSPS) is 10.7. The molecule has 0 aliphatic rings. The fraction of sp³-hybridized carbons (Fsp3) is 0.500. The fourth-order valence-electron chi connectivity index (χ4n) is 1.51. The molecule has 0 aromatic heterocycles. The predicted molar refractivity (Wildman–Crippen MR) is 80.8 cm³/mol. The summed E-state index contributed by atoms with van der Waals surface area (Å²) >= 11 is 1.86. The Morgan fingerprint density at radius 3 is 2.84 bits per heavy atom. The largest absolute Gasteiger partial charge is 0.397 e. The number of nitrogens with two attached hydrogens (primary N) is 1. The van der Waals surface area contributed by atoms with Crippen LogP contribution in [0.25, 0.3) is 0 Å². The number of thioether (sulfide) groups is 1. The molecule has 0 fully saturated rings. The highest BCUT2D eigenvalue weighted by Gasteiger charge is 2.06. The van der Waals surface area contributed by atoms with Crippen molar-refractivity contribution in [1.29, 1.82) is 0 Å². The van der Waals surface area contributed by atoms with Gasteiger partial charge in [-0.2, -0.15) is 11.8 Å². The van der Waals surface area contributed by atoms with E-state index in [9.17, 15) is 9.18 Å². The third kappa shape index (κ3) is 6.47. The number of hydrogen-bond acceptors (Lipinski definition) is 3. The van der Waals surface area contributed by atoms with E-state index in [0.717, 1.165) is 17.9 Å². The van der Waals surface area contributed by atoms with E-state index >= 15 is 0 Å². The molecule has 19 heavy (non-hydrogen) atoms. The van der Waals surface area contributed by atoms with Crippen LogP contribution in [0.5, 0.6) is 0 Å². The third-order valence-corrected chi connectivity index (χ3v) is 3.91. The Bertz CT molecular complexity index is 424. The number of halogens is 1. The summed E-state index contributed by atoms with van der Waals surface area (Å²) in [7, 11) is 0. The van der Waals surface area contributed by atoms with Crippen LogP contribution < -0.4 is 11.1 Å². The maximum atomic E-state index is 12.8. The summed E-state index contributed by atoms with van der Waals surface area (Å²) in [5.74, 6) is 2.29. The fourth-order valence-corrected chi connectivity index (χ4v) is 2.50. The molecule has 0 atom stereocenters. The molecule has 5 heteroatoms. The lowest BCUT2D eigenvalue weighted by Crippen LogP contribution is -2.13. The quantitative estimate of drug-likeness (QED) is 0.595. The summed E-state index contributed by atoms with van der Waals surface area (Å²) in [5, 5.41) is 2.70. The average molecular weight is 284 g/mol. The lowest BCUT2D eigenvalue weighted by molar-refractivity contribution is -0.116. The highest BCUT2D eigenvalue weighted by Crippen LogP contribution is 2.19. The van der Waals surface area contributed by atoms with Crippen molar-refractivity contribution in [2.75, 3.05) is 22.6 Å². The predicted octanol–water partition coefficient (Wildman–Crippen LogP) is 3.52. The molecule has 0 heterocycles. The first-order chi connectivity index (χ1) is 8.99. The van der Waals surface area contributed by atoms with Crippen LogP contribution in [0, 0.1) is 11.7 Å². The van der Waals surface area contributed by atoms with Crippen LogP contribution in [-0.4, -0.2) is 17.4 Å². The molecule has 3 N–H and O–H groups in total. The van der Waals surface area contributed by atoms with Crippen LogP contribution in [0.4, 0.5) is 15.8 Å². The number of hydrogen-bond donors (Lipinski definition) is 2. The average Bonchev–Trinajstić information content (AvgIpc) is 2.32. The van der Waals surface area contributed by atoms with Gasteiger partial charge in [0.2, 0.25) is 5.91 Å². The topological polar surface area (TPSA) is 55.1 Å². The van der Waals surface area contributed by atoms with Crippen molar-refractivity contribution in [2.45, 2.75) is 26.7 Å². The minimum Gasteiger partial charge on any atom is -0.397 e. The molecule has 0 aliphatic carbocycles. The third-order valence-electron chi connectivity index (χ3n) is 2.43. The first-order valence-electron chi connectivity index (χ1n) is 6.41. The molecule has 0 unspecified atom stereocenters. The smallest absolute Gasteiger partial charge is 0.224 e. The SMILES string of the molecule is CC(C)CSCCCC(=O)Nc1ccc(F)cc1N. The molecule has 0 spiro atoms. The van der Waals surface area contributed by atoms with E-state index in [2.05, 4.69) is 19.2 Å².